The number of aromatic amines is 1. The van der Waals surface area contributed by atoms with Gasteiger partial charge in [0.25, 0.3) is 0 Å². The third kappa shape index (κ3) is 2.14. The van der Waals surface area contributed by atoms with Gasteiger partial charge in [0.15, 0.2) is 4.77 Å². The van der Waals surface area contributed by atoms with Crippen molar-refractivity contribution in [2.24, 2.45) is 0 Å². The van der Waals surface area contributed by atoms with Crippen molar-refractivity contribution in [3.05, 3.63) is 22.7 Å². The number of H-pyrrole nitrogens is 1. The molecule has 1 atom stereocenters. The molecule has 0 aliphatic carbocycles. The van der Waals surface area contributed by atoms with Gasteiger partial charge in [-0.3, -0.25) is 0 Å². The largest absolute Gasteiger partial charge is 0.337 e. The normalized spacial score (nSPS) is 22.9. The number of aromatic nitrogens is 2. The summed E-state index contributed by atoms with van der Waals surface area (Å²) in [5.41, 5.74) is 1.26. The maximum atomic E-state index is 4.89. The minimum Gasteiger partial charge on any atom is -0.337 e. The van der Waals surface area contributed by atoms with Crippen LogP contribution in [0.5, 0.6) is 0 Å². The number of piperidine rings is 1. The topological polar surface area (TPSA) is 40.7 Å². The van der Waals surface area contributed by atoms with E-state index < -0.39 is 0 Å². The first-order valence-corrected chi connectivity index (χ1v) is 5.02. The van der Waals surface area contributed by atoms with Gasteiger partial charge in [-0.15, -0.1) is 0 Å². The Balaban J connectivity index is 2.14. The van der Waals surface area contributed by atoms with E-state index in [-0.39, 0.29) is 0 Å². The van der Waals surface area contributed by atoms with Crippen molar-refractivity contribution in [3.63, 3.8) is 0 Å². The zero-order valence-corrected chi connectivity index (χ0v) is 8.23. The second-order valence-electron chi connectivity index (χ2n) is 3.40. The Morgan fingerprint density at radius 3 is 3.08 bits per heavy atom. The minimum atomic E-state index is 0.563. The third-order valence-corrected chi connectivity index (χ3v) is 2.68. The van der Waals surface area contributed by atoms with Gasteiger partial charge in [-0.05, 0) is 43.1 Å². The van der Waals surface area contributed by atoms with E-state index >= 15 is 0 Å². The predicted octanol–water partition coefficient (Wildman–Crippen LogP) is 1.61. The Morgan fingerprint density at radius 1 is 1.54 bits per heavy atom. The van der Waals surface area contributed by atoms with Crippen LogP contribution < -0.4 is 5.32 Å². The van der Waals surface area contributed by atoms with Crippen LogP contribution in [0.1, 0.15) is 24.3 Å². The molecular weight excluding hydrogens is 182 g/mol. The average Bonchev–Trinajstić information content (AvgIpc) is 2.20. The van der Waals surface area contributed by atoms with Gasteiger partial charge in [0, 0.05) is 18.9 Å². The van der Waals surface area contributed by atoms with Crippen molar-refractivity contribution >= 4 is 12.2 Å². The average molecular weight is 195 g/mol. The van der Waals surface area contributed by atoms with Crippen molar-refractivity contribution in [1.82, 2.24) is 15.3 Å². The molecule has 1 aliphatic heterocycles. The summed E-state index contributed by atoms with van der Waals surface area (Å²) in [7, 11) is 0. The highest BCUT2D eigenvalue weighted by Crippen LogP contribution is 2.21. The SMILES string of the molecule is S=c1ncc(C2CCCNC2)c[nH]1. The molecule has 4 heteroatoms. The molecule has 3 nitrogen and oxygen atoms in total. The molecule has 0 radical (unpaired) electrons. The van der Waals surface area contributed by atoms with E-state index in [1.54, 1.807) is 0 Å². The fourth-order valence-corrected chi connectivity index (χ4v) is 1.82. The first kappa shape index (κ1) is 8.84. The number of nitrogens with one attached hydrogen (secondary N) is 2. The molecule has 0 amide bonds. The summed E-state index contributed by atoms with van der Waals surface area (Å²) in [5, 5.41) is 3.38. The third-order valence-electron chi connectivity index (χ3n) is 2.46. The quantitative estimate of drug-likeness (QED) is 0.669. The second kappa shape index (κ2) is 3.98. The highest BCUT2D eigenvalue weighted by Gasteiger charge is 2.14. The van der Waals surface area contributed by atoms with Crippen molar-refractivity contribution in [2.45, 2.75) is 18.8 Å². The molecule has 1 fully saturated rings. The molecule has 13 heavy (non-hydrogen) atoms. The molecule has 0 bridgehead atoms. The Labute approximate surface area is 82.6 Å². The Bertz CT molecular complexity index is 307. The Hall–Kier alpha value is -0.740. The summed E-state index contributed by atoms with van der Waals surface area (Å²) in [6, 6.07) is 0. The zero-order chi connectivity index (χ0) is 9.10. The van der Waals surface area contributed by atoms with Crippen LogP contribution in [-0.4, -0.2) is 23.1 Å². The zero-order valence-electron chi connectivity index (χ0n) is 7.42. The maximum absolute atomic E-state index is 4.89. The lowest BCUT2D eigenvalue weighted by atomic mass is 9.94. The number of nitrogens with zero attached hydrogens (tertiary/aromatic N) is 1. The standard InChI is InChI=1S/C9H13N3S/c13-9-11-5-8(6-12-9)7-2-1-3-10-4-7/h5-7,10H,1-4H2,(H,11,12,13). The van der Waals surface area contributed by atoms with Gasteiger partial charge in [0.05, 0.1) is 0 Å². The predicted molar refractivity (Wildman–Crippen MR) is 54.3 cm³/mol. The van der Waals surface area contributed by atoms with E-state index in [1.165, 1.54) is 18.4 Å². The van der Waals surface area contributed by atoms with Crippen LogP contribution in [0.15, 0.2) is 12.4 Å². The molecule has 70 valence electrons. The van der Waals surface area contributed by atoms with Crippen LogP contribution in [0.2, 0.25) is 0 Å². The molecule has 2 heterocycles. The van der Waals surface area contributed by atoms with E-state index in [1.807, 2.05) is 12.4 Å². The van der Waals surface area contributed by atoms with Gasteiger partial charge in [-0.2, -0.15) is 0 Å². The van der Waals surface area contributed by atoms with Crippen LogP contribution in [0.25, 0.3) is 0 Å². The van der Waals surface area contributed by atoms with Gasteiger partial charge in [-0.1, -0.05) is 0 Å². The van der Waals surface area contributed by atoms with Gasteiger partial charge < -0.3 is 10.3 Å². The lowest BCUT2D eigenvalue weighted by Gasteiger charge is -2.22. The number of hydrogen-bond acceptors (Lipinski definition) is 3. The summed E-state index contributed by atoms with van der Waals surface area (Å²) in [4.78, 5) is 7.06. The van der Waals surface area contributed by atoms with Gasteiger partial charge in [0.1, 0.15) is 0 Å². The van der Waals surface area contributed by atoms with E-state index in [0.29, 0.717) is 10.7 Å². The summed E-state index contributed by atoms with van der Waals surface area (Å²) >= 11 is 4.89. The highest BCUT2D eigenvalue weighted by atomic mass is 32.1. The molecule has 1 aromatic heterocycles. The molecule has 1 aromatic rings. The first-order chi connectivity index (χ1) is 6.36. The summed E-state index contributed by atoms with van der Waals surface area (Å²) in [6.07, 6.45) is 6.36. The lowest BCUT2D eigenvalue weighted by Crippen LogP contribution is -2.28. The second-order valence-corrected chi connectivity index (χ2v) is 3.78. The molecule has 1 aliphatic rings. The van der Waals surface area contributed by atoms with Crippen molar-refractivity contribution in [3.8, 4) is 0 Å². The van der Waals surface area contributed by atoms with E-state index in [9.17, 15) is 0 Å². The number of rotatable bonds is 1. The molecule has 0 aromatic carbocycles. The smallest absolute Gasteiger partial charge is 0.196 e. The molecular formula is C9H13N3S. The molecule has 2 N–H and O–H groups in total. The van der Waals surface area contributed by atoms with Crippen LogP contribution in [-0.2, 0) is 0 Å². The van der Waals surface area contributed by atoms with Gasteiger partial charge in [-0.25, -0.2) is 4.98 Å². The van der Waals surface area contributed by atoms with E-state index in [4.69, 9.17) is 12.2 Å². The lowest BCUT2D eigenvalue weighted by molar-refractivity contribution is 0.460. The fraction of sp³-hybridized carbons (Fsp3) is 0.556. The van der Waals surface area contributed by atoms with Crippen LogP contribution in [0, 0.1) is 4.77 Å². The Kier molecular flexibility index (Phi) is 2.71. The maximum Gasteiger partial charge on any atom is 0.196 e. The van der Waals surface area contributed by atoms with Crippen molar-refractivity contribution in [1.29, 1.82) is 0 Å². The van der Waals surface area contributed by atoms with Crippen molar-refractivity contribution in [2.75, 3.05) is 13.1 Å². The summed E-state index contributed by atoms with van der Waals surface area (Å²) in [5.74, 6) is 0.605. The van der Waals surface area contributed by atoms with Crippen LogP contribution in [0.3, 0.4) is 0 Å². The molecule has 2 rings (SSSR count). The Morgan fingerprint density at radius 2 is 2.46 bits per heavy atom. The molecule has 1 saturated heterocycles. The monoisotopic (exact) mass is 195 g/mol. The minimum absolute atomic E-state index is 0.563. The summed E-state index contributed by atoms with van der Waals surface area (Å²) < 4.78 is 0.563. The fourth-order valence-electron chi connectivity index (χ4n) is 1.71. The highest BCUT2D eigenvalue weighted by molar-refractivity contribution is 7.71. The van der Waals surface area contributed by atoms with E-state index in [0.717, 1.165) is 13.1 Å². The van der Waals surface area contributed by atoms with Crippen LogP contribution >= 0.6 is 12.2 Å². The number of hydrogen-bond donors (Lipinski definition) is 2. The van der Waals surface area contributed by atoms with Crippen molar-refractivity contribution < 1.29 is 0 Å². The van der Waals surface area contributed by atoms with Gasteiger partial charge >= 0.3 is 0 Å². The van der Waals surface area contributed by atoms with Gasteiger partial charge in [0.2, 0.25) is 0 Å². The molecule has 0 spiro atoms. The van der Waals surface area contributed by atoms with E-state index in [2.05, 4.69) is 15.3 Å². The molecule has 1 unspecified atom stereocenters. The summed E-state index contributed by atoms with van der Waals surface area (Å²) in [6.45, 7) is 2.21. The first-order valence-electron chi connectivity index (χ1n) is 4.61. The van der Waals surface area contributed by atoms with Crippen LogP contribution in [0.4, 0.5) is 0 Å². The molecule has 0 saturated carbocycles.